The largest absolute Gasteiger partial charge is 0.458 e. The van der Waals surface area contributed by atoms with Crippen LogP contribution in [0.4, 0.5) is 9.59 Å². The van der Waals surface area contributed by atoms with Crippen LogP contribution in [0.3, 0.4) is 0 Å². The third-order valence-electron chi connectivity index (χ3n) is 11.8. The number of carbonyl (C=O) groups is 5. The summed E-state index contributed by atoms with van der Waals surface area (Å²) in [7, 11) is 3.70. The number of Topliss-reactive ketones (excluding diaryl/α,β-unsaturated/α-hetero) is 1. The highest BCUT2D eigenvalue weighted by Gasteiger charge is 2.58. The molecule has 15 nitrogen and oxygen atoms in total. The van der Waals surface area contributed by atoms with Crippen LogP contribution in [0, 0.1) is 23.7 Å². The summed E-state index contributed by atoms with van der Waals surface area (Å²) in [5, 5.41) is 17.6. The highest BCUT2D eigenvalue weighted by molar-refractivity contribution is 5.85. The first-order valence-electron chi connectivity index (χ1n) is 20.0. The second-order valence-electron chi connectivity index (χ2n) is 16.6. The van der Waals surface area contributed by atoms with Gasteiger partial charge in [0.15, 0.2) is 18.0 Å². The van der Waals surface area contributed by atoms with Crippen molar-refractivity contribution in [1.82, 2.24) is 15.5 Å². The maximum Gasteiger partial charge on any atom is 0.408 e. The van der Waals surface area contributed by atoms with Gasteiger partial charge in [-0.05, 0) is 66.6 Å². The van der Waals surface area contributed by atoms with Gasteiger partial charge in [-0.3, -0.25) is 14.4 Å². The van der Waals surface area contributed by atoms with Crippen molar-refractivity contribution in [2.75, 3.05) is 20.6 Å². The summed E-state index contributed by atoms with van der Waals surface area (Å²) in [5.41, 5.74) is -2.18. The van der Waals surface area contributed by atoms with E-state index >= 15 is 0 Å². The highest BCUT2D eigenvalue weighted by Crippen LogP contribution is 2.41. The Kier molecular flexibility index (Phi) is 15.3. The predicted molar refractivity (Wildman–Crippen MR) is 209 cm³/mol. The third kappa shape index (κ3) is 10.7. The summed E-state index contributed by atoms with van der Waals surface area (Å²) in [5.74, 6) is -5.43. The van der Waals surface area contributed by atoms with Crippen LogP contribution in [0.1, 0.15) is 87.1 Å². The van der Waals surface area contributed by atoms with Crippen LogP contribution in [0.5, 0.6) is 0 Å². The molecule has 1 aromatic carbocycles. The number of carbonyl (C=O) groups excluding carboxylic acids is 5. The SMILES string of the molecule is CC[C@H]1OC(=O)[C@H](C)[C@@H](O)[C@H](C)[C@@H](O[C@@H]2O[C@H](C)C[C@H](N(C)C)[C@H]2OC(C)=O)[C@](C)(OC(=O)NCC=Cc2ccccc2)C[C@@H](C)C(=O)[C@H](C)[C@H]2NC(=O)O[C@@]21C. The molecule has 3 aliphatic rings. The number of nitrogens with zero attached hydrogens (tertiary/aromatic N) is 1. The second-order valence-corrected chi connectivity index (χ2v) is 16.6. The van der Waals surface area contributed by atoms with Gasteiger partial charge >= 0.3 is 24.1 Å². The van der Waals surface area contributed by atoms with Crippen LogP contribution in [0.15, 0.2) is 36.4 Å². The van der Waals surface area contributed by atoms with Crippen LogP contribution in [0.2, 0.25) is 0 Å². The number of ether oxygens (including phenoxy) is 6. The van der Waals surface area contributed by atoms with E-state index in [1.807, 2.05) is 62.3 Å². The number of cyclic esters (lactones) is 1. The van der Waals surface area contributed by atoms with E-state index in [0.29, 0.717) is 6.42 Å². The van der Waals surface area contributed by atoms with Gasteiger partial charge in [-0.25, -0.2) is 9.59 Å². The minimum atomic E-state index is -1.70. The molecule has 318 valence electrons. The Morgan fingerprint density at radius 1 is 1.05 bits per heavy atom. The number of aliphatic hydroxyl groups is 1. The minimum Gasteiger partial charge on any atom is -0.458 e. The van der Waals surface area contributed by atoms with Crippen molar-refractivity contribution >= 4 is 36.0 Å². The molecule has 2 amide bonds. The maximum absolute atomic E-state index is 14.5. The molecule has 3 fully saturated rings. The summed E-state index contributed by atoms with van der Waals surface area (Å²) in [4.78, 5) is 69.3. The number of alkyl carbamates (subject to hydrolysis) is 2. The molecule has 3 heterocycles. The van der Waals surface area contributed by atoms with Gasteiger partial charge in [0.05, 0.1) is 30.2 Å². The fraction of sp³-hybridized carbons (Fsp3) is 0.690. The molecule has 0 spiro atoms. The lowest BCUT2D eigenvalue weighted by Crippen LogP contribution is -2.61. The number of amides is 2. The molecule has 0 saturated carbocycles. The lowest BCUT2D eigenvalue weighted by Gasteiger charge is -2.48. The highest BCUT2D eigenvalue weighted by atomic mass is 16.7. The Balaban J connectivity index is 1.82. The molecule has 1 aromatic rings. The minimum absolute atomic E-state index is 0.1000. The summed E-state index contributed by atoms with van der Waals surface area (Å²) in [6.45, 7) is 14.8. The summed E-state index contributed by atoms with van der Waals surface area (Å²) < 4.78 is 37.0. The van der Waals surface area contributed by atoms with Gasteiger partial charge in [0.1, 0.15) is 23.6 Å². The number of hydrogen-bond acceptors (Lipinski definition) is 13. The van der Waals surface area contributed by atoms with Crippen LogP contribution in [-0.2, 0) is 42.8 Å². The topological polar surface area (TPSA) is 188 Å². The molecule has 0 aliphatic carbocycles. The maximum atomic E-state index is 14.5. The number of aliphatic hydroxyl groups excluding tert-OH is 1. The van der Waals surface area contributed by atoms with Crippen molar-refractivity contribution in [3.05, 3.63) is 42.0 Å². The standard InChI is InChI=1S/C42H63N3O12/c1-12-31-42(9)35(44-40(51)57-42)25(4)32(47)23(2)22-41(8,56-39(50)43-20-16-19-29-17-14-13-15-18-29)36(26(5)33(48)27(6)37(49)54-31)55-38-34(53-28(7)46)30(45(10)11)21-24(3)52-38/h13-19,23-27,30-31,33-36,38,48H,12,20-22H2,1-11H3,(H,43,50)(H,44,51)/t23-,24-,25+,26+,27-,30+,31-,33+,34-,35-,36-,38+,41-,42-/m1/s1. The van der Waals surface area contributed by atoms with E-state index in [4.69, 9.17) is 28.4 Å². The summed E-state index contributed by atoms with van der Waals surface area (Å²) in [6.07, 6.45) is -3.55. The molecule has 3 aliphatic heterocycles. The molecule has 3 saturated heterocycles. The van der Waals surface area contributed by atoms with Crippen LogP contribution in [-0.4, -0.2) is 121 Å². The number of hydrogen-bond donors (Lipinski definition) is 3. The van der Waals surface area contributed by atoms with Crippen molar-refractivity contribution in [2.45, 2.75) is 142 Å². The molecule has 3 N–H and O–H groups in total. The molecular weight excluding hydrogens is 738 g/mol. The molecule has 14 atom stereocenters. The molecule has 15 heteroatoms. The van der Waals surface area contributed by atoms with Crippen LogP contribution < -0.4 is 10.6 Å². The Morgan fingerprint density at radius 3 is 2.33 bits per heavy atom. The Hall–Kier alpha value is -4.05. The first kappa shape index (κ1) is 45.6. The van der Waals surface area contributed by atoms with E-state index < -0.39 is 95.7 Å². The van der Waals surface area contributed by atoms with Crippen molar-refractivity contribution in [1.29, 1.82) is 0 Å². The Bertz CT molecular complexity index is 1610. The molecule has 4 rings (SSSR count). The predicted octanol–water partition coefficient (Wildman–Crippen LogP) is 4.63. The third-order valence-corrected chi connectivity index (χ3v) is 11.8. The van der Waals surface area contributed by atoms with E-state index in [2.05, 4.69) is 10.6 Å². The molecule has 0 unspecified atom stereocenters. The van der Waals surface area contributed by atoms with Crippen molar-refractivity contribution in [3.63, 3.8) is 0 Å². The number of rotatable bonds is 9. The van der Waals surface area contributed by atoms with Gasteiger partial charge in [0.25, 0.3) is 0 Å². The number of nitrogens with one attached hydrogen (secondary N) is 2. The fourth-order valence-electron chi connectivity index (χ4n) is 8.69. The van der Waals surface area contributed by atoms with E-state index in [-0.39, 0.29) is 37.3 Å². The zero-order valence-electron chi connectivity index (χ0n) is 35.2. The smallest absolute Gasteiger partial charge is 0.408 e. The normalized spacial score (nSPS) is 38.0. The first-order chi connectivity index (χ1) is 26.7. The van der Waals surface area contributed by atoms with Gasteiger partial charge in [-0.2, -0.15) is 0 Å². The second kappa shape index (κ2) is 19.1. The molecule has 0 aromatic heterocycles. The van der Waals surface area contributed by atoms with E-state index in [1.165, 1.54) is 13.8 Å². The quantitative estimate of drug-likeness (QED) is 0.232. The molecule has 0 radical (unpaired) electrons. The molecule has 0 bridgehead atoms. The van der Waals surface area contributed by atoms with Crippen molar-refractivity contribution in [2.24, 2.45) is 23.7 Å². The van der Waals surface area contributed by atoms with Crippen LogP contribution >= 0.6 is 0 Å². The average Bonchev–Trinajstić information content (AvgIpc) is 3.47. The summed E-state index contributed by atoms with van der Waals surface area (Å²) >= 11 is 0. The monoisotopic (exact) mass is 801 g/mol. The number of fused-ring (bicyclic) bond motifs is 1. The zero-order chi connectivity index (χ0) is 42.4. The number of esters is 2. The number of ketones is 1. The first-order valence-corrected chi connectivity index (χ1v) is 20.0. The fourth-order valence-corrected chi connectivity index (χ4v) is 8.69. The van der Waals surface area contributed by atoms with Crippen molar-refractivity contribution < 1.29 is 57.5 Å². The Morgan fingerprint density at radius 2 is 1.72 bits per heavy atom. The summed E-state index contributed by atoms with van der Waals surface area (Å²) in [6, 6.07) is 8.31. The van der Waals surface area contributed by atoms with Crippen molar-refractivity contribution in [3.8, 4) is 0 Å². The number of benzene rings is 1. The van der Waals surface area contributed by atoms with Gasteiger partial charge in [0.2, 0.25) is 0 Å². The number of likely N-dealkylation sites (N-methyl/N-ethyl adjacent to an activating group) is 1. The lowest BCUT2D eigenvalue weighted by molar-refractivity contribution is -0.300. The Labute approximate surface area is 336 Å². The van der Waals surface area contributed by atoms with Gasteiger partial charge < -0.3 is 49.1 Å². The molecule has 57 heavy (non-hydrogen) atoms. The lowest BCUT2D eigenvalue weighted by atomic mass is 9.73. The zero-order valence-corrected chi connectivity index (χ0v) is 35.2. The molecular formula is C42H63N3O12. The van der Waals surface area contributed by atoms with E-state index in [0.717, 1.165) is 5.56 Å². The van der Waals surface area contributed by atoms with Gasteiger partial charge in [-0.15, -0.1) is 0 Å². The van der Waals surface area contributed by atoms with Gasteiger partial charge in [0, 0.05) is 31.2 Å². The van der Waals surface area contributed by atoms with E-state index in [1.54, 1.807) is 47.6 Å². The van der Waals surface area contributed by atoms with Gasteiger partial charge in [-0.1, -0.05) is 70.2 Å². The van der Waals surface area contributed by atoms with Crippen LogP contribution in [0.25, 0.3) is 6.08 Å². The van der Waals surface area contributed by atoms with E-state index in [9.17, 15) is 29.1 Å². The average molecular weight is 802 g/mol.